The fourth-order valence-electron chi connectivity index (χ4n) is 3.62. The van der Waals surface area contributed by atoms with Crippen molar-refractivity contribution in [3.05, 3.63) is 58.9 Å². The van der Waals surface area contributed by atoms with Crippen LogP contribution in [0, 0.1) is 18.3 Å². The number of imidazole rings is 1. The highest BCUT2D eigenvalue weighted by Gasteiger charge is 2.15. The third kappa shape index (κ3) is 3.49. The molecule has 0 fully saturated rings. The van der Waals surface area contributed by atoms with Crippen molar-refractivity contribution in [2.45, 2.75) is 13.3 Å². The summed E-state index contributed by atoms with van der Waals surface area (Å²) in [6.45, 7) is 4.24. The molecule has 0 saturated carbocycles. The lowest BCUT2D eigenvalue weighted by molar-refractivity contribution is 0.338. The number of aromatic nitrogens is 2. The highest BCUT2D eigenvalue weighted by Crippen LogP contribution is 2.33. The lowest BCUT2D eigenvalue weighted by Crippen LogP contribution is -2.28. The Morgan fingerprint density at radius 1 is 1.32 bits per heavy atom. The number of aryl methyl sites for hydroxylation is 1. The lowest BCUT2D eigenvalue weighted by atomic mass is 10.0. The van der Waals surface area contributed by atoms with Crippen molar-refractivity contribution in [1.82, 2.24) is 14.3 Å². The number of benzene rings is 1. The second-order valence-electron chi connectivity index (χ2n) is 6.98. The van der Waals surface area contributed by atoms with Gasteiger partial charge in [0.05, 0.1) is 30.4 Å². The molecule has 28 heavy (non-hydrogen) atoms. The first kappa shape index (κ1) is 18.5. The Hall–Kier alpha value is -2.81. The first-order chi connectivity index (χ1) is 13.6. The highest BCUT2D eigenvalue weighted by atomic mass is 35.5. The molecule has 0 atom stereocenters. The molecule has 0 radical (unpaired) electrons. The van der Waals surface area contributed by atoms with E-state index >= 15 is 0 Å². The maximum Gasteiger partial charge on any atom is 0.138 e. The van der Waals surface area contributed by atoms with Crippen molar-refractivity contribution in [2.75, 3.05) is 26.7 Å². The zero-order chi connectivity index (χ0) is 19.7. The fraction of sp³-hybridized carbons (Fsp3) is 0.273. The SMILES string of the molecule is COc1cc(C)c(-c2cn3ccc(C4=CCN(CC#N)CC4)cc3n2)cc1Cl. The Bertz CT molecular complexity index is 1110. The smallest absolute Gasteiger partial charge is 0.138 e. The van der Waals surface area contributed by atoms with Crippen LogP contribution in [0.3, 0.4) is 0 Å². The van der Waals surface area contributed by atoms with Crippen molar-refractivity contribution >= 4 is 22.8 Å². The van der Waals surface area contributed by atoms with Gasteiger partial charge in [-0.3, -0.25) is 4.90 Å². The molecule has 1 aliphatic heterocycles. The van der Waals surface area contributed by atoms with Gasteiger partial charge >= 0.3 is 0 Å². The van der Waals surface area contributed by atoms with Gasteiger partial charge in [-0.25, -0.2) is 4.98 Å². The van der Waals surface area contributed by atoms with Crippen LogP contribution in [0.25, 0.3) is 22.5 Å². The van der Waals surface area contributed by atoms with E-state index in [0.29, 0.717) is 17.3 Å². The summed E-state index contributed by atoms with van der Waals surface area (Å²) < 4.78 is 7.33. The molecule has 0 N–H and O–H groups in total. The number of halogens is 1. The molecule has 0 spiro atoms. The molecule has 1 aromatic carbocycles. The van der Waals surface area contributed by atoms with Crippen LogP contribution < -0.4 is 4.74 Å². The zero-order valence-corrected chi connectivity index (χ0v) is 16.7. The average Bonchev–Trinajstić information content (AvgIpc) is 3.13. The molecule has 0 bridgehead atoms. The van der Waals surface area contributed by atoms with Gasteiger partial charge in [0.1, 0.15) is 11.4 Å². The van der Waals surface area contributed by atoms with Crippen LogP contribution in [0.15, 0.2) is 42.7 Å². The Morgan fingerprint density at radius 2 is 2.18 bits per heavy atom. The summed E-state index contributed by atoms with van der Waals surface area (Å²) >= 11 is 6.32. The number of fused-ring (bicyclic) bond motifs is 1. The van der Waals surface area contributed by atoms with Crippen molar-refractivity contribution in [3.63, 3.8) is 0 Å². The molecule has 6 heteroatoms. The standard InChI is InChI=1S/C22H21ClN4O/c1-15-11-21(28-2)19(23)13-18(15)20-14-27-9-5-17(12-22(27)25-20)16-3-7-26(8-4-16)10-6-24/h3,5,9,11-14H,4,7-8,10H2,1-2H3. The van der Waals surface area contributed by atoms with E-state index in [0.717, 1.165) is 42.0 Å². The number of nitriles is 1. The maximum absolute atomic E-state index is 8.84. The molecular formula is C22H21ClN4O. The summed E-state index contributed by atoms with van der Waals surface area (Å²) in [6, 6.07) is 10.3. The van der Waals surface area contributed by atoms with Crippen LogP contribution in [0.5, 0.6) is 5.75 Å². The molecule has 0 saturated heterocycles. The van der Waals surface area contributed by atoms with Crippen LogP contribution in [0.2, 0.25) is 5.02 Å². The Morgan fingerprint density at radius 3 is 2.89 bits per heavy atom. The van der Waals surface area contributed by atoms with Crippen molar-refractivity contribution in [3.8, 4) is 23.1 Å². The molecule has 4 rings (SSSR count). The Balaban J connectivity index is 1.66. The second kappa shape index (κ2) is 7.67. The van der Waals surface area contributed by atoms with Gasteiger partial charge in [0.15, 0.2) is 0 Å². The quantitative estimate of drug-likeness (QED) is 0.609. The monoisotopic (exact) mass is 392 g/mol. The molecule has 5 nitrogen and oxygen atoms in total. The minimum Gasteiger partial charge on any atom is -0.495 e. The van der Waals surface area contributed by atoms with Crippen LogP contribution in [-0.2, 0) is 0 Å². The third-order valence-electron chi connectivity index (χ3n) is 5.19. The number of rotatable bonds is 4. The van der Waals surface area contributed by atoms with E-state index in [4.69, 9.17) is 26.6 Å². The molecule has 3 heterocycles. The number of hydrogen-bond donors (Lipinski definition) is 0. The predicted molar refractivity (Wildman–Crippen MR) is 112 cm³/mol. The Labute approximate surface area is 169 Å². The molecule has 3 aromatic rings. The minimum absolute atomic E-state index is 0.482. The molecule has 1 aliphatic rings. The lowest BCUT2D eigenvalue weighted by Gasteiger charge is -2.23. The van der Waals surface area contributed by atoms with E-state index in [9.17, 15) is 0 Å². The molecule has 142 valence electrons. The van der Waals surface area contributed by atoms with E-state index in [2.05, 4.69) is 29.2 Å². The number of nitrogens with zero attached hydrogens (tertiary/aromatic N) is 4. The first-order valence-electron chi connectivity index (χ1n) is 9.21. The van der Waals surface area contributed by atoms with E-state index in [1.807, 2.05) is 35.9 Å². The van der Waals surface area contributed by atoms with Gasteiger partial charge in [-0.1, -0.05) is 17.7 Å². The zero-order valence-electron chi connectivity index (χ0n) is 15.9. The van der Waals surface area contributed by atoms with Crippen LogP contribution in [0.4, 0.5) is 0 Å². The highest BCUT2D eigenvalue weighted by molar-refractivity contribution is 6.32. The number of pyridine rings is 1. The van der Waals surface area contributed by atoms with Gasteiger partial charge in [-0.15, -0.1) is 0 Å². The molecule has 0 amide bonds. The van der Waals surface area contributed by atoms with Crippen molar-refractivity contribution in [2.24, 2.45) is 0 Å². The van der Waals surface area contributed by atoms with E-state index in [1.54, 1.807) is 7.11 Å². The minimum atomic E-state index is 0.482. The normalized spacial score (nSPS) is 14.7. The van der Waals surface area contributed by atoms with Gasteiger partial charge < -0.3 is 9.14 Å². The topological polar surface area (TPSA) is 53.6 Å². The summed E-state index contributed by atoms with van der Waals surface area (Å²) in [5.74, 6) is 0.670. The summed E-state index contributed by atoms with van der Waals surface area (Å²) in [4.78, 5) is 6.97. The number of ether oxygens (including phenoxy) is 1. The predicted octanol–water partition coefficient (Wildman–Crippen LogP) is 4.58. The van der Waals surface area contributed by atoms with E-state index in [1.165, 1.54) is 11.1 Å². The van der Waals surface area contributed by atoms with Gasteiger partial charge in [0.2, 0.25) is 0 Å². The molecular weight excluding hydrogens is 372 g/mol. The summed E-state index contributed by atoms with van der Waals surface area (Å²) in [6.07, 6.45) is 7.22. The van der Waals surface area contributed by atoms with Crippen LogP contribution >= 0.6 is 11.6 Å². The summed E-state index contributed by atoms with van der Waals surface area (Å²) in [7, 11) is 1.62. The third-order valence-corrected chi connectivity index (χ3v) is 5.49. The summed E-state index contributed by atoms with van der Waals surface area (Å²) in [5.41, 5.74) is 6.35. The molecule has 0 aliphatic carbocycles. The first-order valence-corrected chi connectivity index (χ1v) is 9.59. The van der Waals surface area contributed by atoms with Crippen LogP contribution in [-0.4, -0.2) is 41.0 Å². The maximum atomic E-state index is 8.84. The summed E-state index contributed by atoms with van der Waals surface area (Å²) in [5, 5.41) is 9.42. The molecule has 0 unspecified atom stereocenters. The Kier molecular flexibility index (Phi) is 5.08. The van der Waals surface area contributed by atoms with Crippen LogP contribution in [0.1, 0.15) is 17.5 Å². The van der Waals surface area contributed by atoms with Crippen molar-refractivity contribution in [1.29, 1.82) is 5.26 Å². The van der Waals surface area contributed by atoms with Crippen molar-refractivity contribution < 1.29 is 4.74 Å². The second-order valence-corrected chi connectivity index (χ2v) is 7.39. The number of hydrogen-bond acceptors (Lipinski definition) is 4. The van der Waals surface area contributed by atoms with E-state index < -0.39 is 0 Å². The molecule has 2 aromatic heterocycles. The van der Waals surface area contributed by atoms with Gasteiger partial charge in [-0.05, 0) is 54.3 Å². The van der Waals surface area contributed by atoms with Gasteiger partial charge in [0, 0.05) is 31.0 Å². The number of methoxy groups -OCH3 is 1. The fourth-order valence-corrected chi connectivity index (χ4v) is 3.86. The largest absolute Gasteiger partial charge is 0.495 e. The van der Waals surface area contributed by atoms with Gasteiger partial charge in [-0.2, -0.15) is 5.26 Å². The average molecular weight is 393 g/mol. The van der Waals surface area contributed by atoms with Gasteiger partial charge in [0.25, 0.3) is 0 Å². The van der Waals surface area contributed by atoms with E-state index in [-0.39, 0.29) is 0 Å².